The highest BCUT2D eigenvalue weighted by molar-refractivity contribution is 5.79. The molecule has 0 spiro atoms. The molecule has 4 atom stereocenters. The number of hydrogen-bond donors (Lipinski definition) is 3. The van der Waals surface area contributed by atoms with Crippen molar-refractivity contribution in [3.8, 4) is 17.0 Å². The number of aromatic hydroxyl groups is 1. The molecular weight excluding hydrogens is 358 g/mol. The van der Waals surface area contributed by atoms with Crippen molar-refractivity contribution in [2.24, 2.45) is 11.8 Å². The van der Waals surface area contributed by atoms with Gasteiger partial charge in [-0.25, -0.2) is 4.68 Å². The van der Waals surface area contributed by atoms with E-state index in [9.17, 15) is 9.90 Å². The minimum atomic E-state index is 0.107. The van der Waals surface area contributed by atoms with Crippen molar-refractivity contribution < 1.29 is 19.5 Å². The lowest BCUT2D eigenvalue weighted by Gasteiger charge is -2.46. The van der Waals surface area contributed by atoms with Gasteiger partial charge in [0.1, 0.15) is 17.5 Å². The molecule has 0 saturated carbocycles. The molecule has 3 aliphatic heterocycles. The Morgan fingerprint density at radius 1 is 1.46 bits per heavy atom. The van der Waals surface area contributed by atoms with Gasteiger partial charge in [0.05, 0.1) is 38.4 Å². The summed E-state index contributed by atoms with van der Waals surface area (Å²) in [4.78, 5) is 14.0. The molecule has 0 radical (unpaired) electrons. The van der Waals surface area contributed by atoms with Gasteiger partial charge in [-0.15, -0.1) is 5.10 Å². The SMILES string of the molecule is COCCNC(=O)[C@H]1C[NH+]2CC[C@H]1C[C@@H]2Cn1cc(-c2cccc(O)c2)nn1. The normalized spacial score (nSPS) is 26.3. The number of methoxy groups -OCH3 is 1. The van der Waals surface area contributed by atoms with E-state index in [0.29, 0.717) is 25.1 Å². The van der Waals surface area contributed by atoms with Crippen molar-refractivity contribution in [1.29, 1.82) is 0 Å². The number of fused-ring (bicyclic) bond motifs is 3. The predicted molar refractivity (Wildman–Crippen MR) is 103 cm³/mol. The third-order valence-corrected chi connectivity index (χ3v) is 6.08. The Morgan fingerprint density at radius 2 is 2.36 bits per heavy atom. The Bertz CT molecular complexity index is 824. The molecule has 8 heteroatoms. The van der Waals surface area contributed by atoms with Gasteiger partial charge in [-0.3, -0.25) is 4.79 Å². The van der Waals surface area contributed by atoms with Gasteiger partial charge >= 0.3 is 0 Å². The molecule has 1 unspecified atom stereocenters. The molecule has 1 aromatic carbocycles. The Morgan fingerprint density at radius 3 is 3.11 bits per heavy atom. The van der Waals surface area contributed by atoms with Gasteiger partial charge in [-0.05, 0) is 18.1 Å². The molecule has 150 valence electrons. The summed E-state index contributed by atoms with van der Waals surface area (Å²) in [7, 11) is 1.64. The second-order valence-electron chi connectivity index (χ2n) is 7.86. The minimum Gasteiger partial charge on any atom is -0.508 e. The van der Waals surface area contributed by atoms with Crippen LogP contribution in [0.5, 0.6) is 5.75 Å². The highest BCUT2D eigenvalue weighted by Crippen LogP contribution is 2.28. The largest absolute Gasteiger partial charge is 0.508 e. The smallest absolute Gasteiger partial charge is 0.229 e. The van der Waals surface area contributed by atoms with Crippen LogP contribution in [0, 0.1) is 11.8 Å². The molecule has 0 aliphatic carbocycles. The molecule has 3 N–H and O–H groups in total. The fourth-order valence-electron chi connectivity index (χ4n) is 4.64. The highest BCUT2D eigenvalue weighted by atomic mass is 16.5. The molecule has 1 amide bonds. The molecule has 3 aliphatic rings. The molecule has 2 aromatic rings. The number of nitrogens with one attached hydrogen (secondary N) is 2. The minimum absolute atomic E-state index is 0.107. The van der Waals surface area contributed by atoms with Crippen molar-refractivity contribution in [3.63, 3.8) is 0 Å². The van der Waals surface area contributed by atoms with Crippen molar-refractivity contribution in [1.82, 2.24) is 20.3 Å². The summed E-state index contributed by atoms with van der Waals surface area (Å²) in [6.45, 7) is 3.94. The fourth-order valence-corrected chi connectivity index (χ4v) is 4.64. The molecule has 3 fully saturated rings. The van der Waals surface area contributed by atoms with E-state index in [4.69, 9.17) is 4.74 Å². The zero-order valence-electron chi connectivity index (χ0n) is 16.2. The number of phenols is 1. The molecule has 1 aromatic heterocycles. The van der Waals surface area contributed by atoms with Crippen LogP contribution in [0.1, 0.15) is 12.8 Å². The third kappa shape index (κ3) is 4.02. The summed E-state index contributed by atoms with van der Waals surface area (Å²) < 4.78 is 6.91. The molecular formula is C20H28N5O3+. The molecule has 2 bridgehead atoms. The van der Waals surface area contributed by atoms with Crippen LogP contribution in [0.4, 0.5) is 0 Å². The average molecular weight is 386 g/mol. The lowest BCUT2D eigenvalue weighted by atomic mass is 9.75. The van der Waals surface area contributed by atoms with Crippen LogP contribution in [0.3, 0.4) is 0 Å². The standard InChI is InChI=1S/C20H27N5O3/c1-28-8-6-21-20(27)18-12-24-7-5-14(18)9-16(24)11-25-13-19(22-23-25)15-3-2-4-17(26)10-15/h2-4,10,13-14,16,18,26H,5-9,11-12H2,1H3,(H,21,27)/p+1/t14-,16+,18-/m0/s1. The average Bonchev–Trinajstić information content (AvgIpc) is 3.17. The monoisotopic (exact) mass is 386 g/mol. The zero-order valence-corrected chi connectivity index (χ0v) is 16.2. The first-order valence-corrected chi connectivity index (χ1v) is 9.95. The van der Waals surface area contributed by atoms with Crippen LogP contribution in [0.2, 0.25) is 0 Å². The van der Waals surface area contributed by atoms with Crippen LogP contribution in [0.25, 0.3) is 11.3 Å². The predicted octanol–water partition coefficient (Wildman–Crippen LogP) is -0.293. The first-order chi connectivity index (χ1) is 13.6. The first-order valence-electron chi connectivity index (χ1n) is 9.95. The van der Waals surface area contributed by atoms with E-state index in [0.717, 1.165) is 43.7 Å². The lowest BCUT2D eigenvalue weighted by Crippen LogP contribution is -3.20. The second kappa shape index (κ2) is 8.28. The van der Waals surface area contributed by atoms with Crippen molar-refractivity contribution in [2.45, 2.75) is 25.4 Å². The maximum atomic E-state index is 12.5. The van der Waals surface area contributed by atoms with Crippen molar-refractivity contribution in [2.75, 3.05) is 33.4 Å². The summed E-state index contributed by atoms with van der Waals surface area (Å²) >= 11 is 0. The van der Waals surface area contributed by atoms with Crippen LogP contribution in [-0.4, -0.2) is 65.4 Å². The number of benzene rings is 1. The van der Waals surface area contributed by atoms with E-state index in [-0.39, 0.29) is 17.6 Å². The number of quaternary nitrogens is 1. The summed E-state index contributed by atoms with van der Waals surface area (Å²) in [6, 6.07) is 7.51. The number of aromatic nitrogens is 3. The molecule has 8 nitrogen and oxygen atoms in total. The van der Waals surface area contributed by atoms with Gasteiger partial charge in [0.15, 0.2) is 0 Å². The van der Waals surface area contributed by atoms with E-state index in [1.54, 1.807) is 25.3 Å². The number of carbonyl (C=O) groups is 1. The van der Waals surface area contributed by atoms with Gasteiger partial charge in [0.25, 0.3) is 0 Å². The van der Waals surface area contributed by atoms with Crippen LogP contribution >= 0.6 is 0 Å². The number of ether oxygens (including phenoxy) is 1. The van der Waals surface area contributed by atoms with Crippen molar-refractivity contribution >= 4 is 5.91 Å². The number of carbonyl (C=O) groups excluding carboxylic acids is 1. The van der Waals surface area contributed by atoms with Gasteiger partial charge in [-0.2, -0.15) is 0 Å². The number of nitrogens with zero attached hydrogens (tertiary/aromatic N) is 3. The van der Waals surface area contributed by atoms with E-state index in [1.807, 2.05) is 16.9 Å². The molecule has 4 heterocycles. The number of phenolic OH excluding ortho intramolecular Hbond substituents is 1. The van der Waals surface area contributed by atoms with E-state index < -0.39 is 0 Å². The zero-order chi connectivity index (χ0) is 19.5. The molecule has 28 heavy (non-hydrogen) atoms. The summed E-state index contributed by atoms with van der Waals surface area (Å²) in [5.74, 6) is 0.946. The maximum Gasteiger partial charge on any atom is 0.229 e. The van der Waals surface area contributed by atoms with Gasteiger partial charge in [0.2, 0.25) is 5.91 Å². The van der Waals surface area contributed by atoms with Gasteiger partial charge < -0.3 is 20.1 Å². The number of piperidine rings is 3. The third-order valence-electron chi connectivity index (χ3n) is 6.08. The van der Waals surface area contributed by atoms with E-state index in [2.05, 4.69) is 15.6 Å². The van der Waals surface area contributed by atoms with Crippen LogP contribution in [-0.2, 0) is 16.1 Å². The Balaban J connectivity index is 1.37. The summed E-state index contributed by atoms with van der Waals surface area (Å²) in [5, 5.41) is 21.2. The molecule has 3 saturated heterocycles. The van der Waals surface area contributed by atoms with E-state index in [1.165, 1.54) is 4.90 Å². The summed E-state index contributed by atoms with van der Waals surface area (Å²) in [6.07, 6.45) is 4.09. The Kier molecular flexibility index (Phi) is 5.59. The Hall–Kier alpha value is -2.45. The van der Waals surface area contributed by atoms with Crippen LogP contribution < -0.4 is 10.2 Å². The lowest BCUT2D eigenvalue weighted by molar-refractivity contribution is -0.945. The quantitative estimate of drug-likeness (QED) is 0.569. The van der Waals surface area contributed by atoms with E-state index >= 15 is 0 Å². The number of amides is 1. The molecule has 5 rings (SSSR count). The topological polar surface area (TPSA) is 93.7 Å². The number of hydrogen-bond acceptors (Lipinski definition) is 5. The first kappa shape index (κ1) is 18.9. The van der Waals surface area contributed by atoms with Gasteiger partial charge in [-0.1, -0.05) is 17.3 Å². The summed E-state index contributed by atoms with van der Waals surface area (Å²) in [5.41, 5.74) is 1.62. The second-order valence-corrected chi connectivity index (χ2v) is 7.86. The van der Waals surface area contributed by atoms with Gasteiger partial charge in [0, 0.05) is 32.1 Å². The maximum absolute atomic E-state index is 12.5. The van der Waals surface area contributed by atoms with Crippen molar-refractivity contribution in [3.05, 3.63) is 30.5 Å². The fraction of sp³-hybridized carbons (Fsp3) is 0.550. The Labute approximate surface area is 164 Å². The highest BCUT2D eigenvalue weighted by Gasteiger charge is 2.46. The van der Waals surface area contributed by atoms with Crippen LogP contribution in [0.15, 0.2) is 30.5 Å². The number of rotatable bonds is 7.